The van der Waals surface area contributed by atoms with Crippen LogP contribution in [0.5, 0.6) is 0 Å². The Balaban J connectivity index is 1.52. The van der Waals surface area contributed by atoms with Crippen LogP contribution in [0.1, 0.15) is 34.4 Å². The lowest BCUT2D eigenvalue weighted by Gasteiger charge is -2.38. The van der Waals surface area contributed by atoms with Gasteiger partial charge in [-0.15, -0.1) is 0 Å². The van der Waals surface area contributed by atoms with E-state index in [0.29, 0.717) is 6.61 Å². The van der Waals surface area contributed by atoms with Crippen molar-refractivity contribution in [1.29, 1.82) is 0 Å². The van der Waals surface area contributed by atoms with Crippen LogP contribution >= 0.6 is 0 Å². The third-order valence-corrected chi connectivity index (χ3v) is 5.76. The maximum absolute atomic E-state index is 10.2. The highest BCUT2D eigenvalue weighted by Gasteiger charge is 2.36. The quantitative estimate of drug-likeness (QED) is 0.476. The Labute approximate surface area is 170 Å². The molecule has 0 saturated heterocycles. The minimum absolute atomic E-state index is 0.00363. The van der Waals surface area contributed by atoms with E-state index in [-0.39, 0.29) is 24.8 Å². The lowest BCUT2D eigenvalue weighted by atomic mass is 9.85. The summed E-state index contributed by atoms with van der Waals surface area (Å²) in [6.45, 7) is 0.516. The van der Waals surface area contributed by atoms with Crippen molar-refractivity contribution < 1.29 is 9.84 Å². The van der Waals surface area contributed by atoms with Gasteiger partial charge >= 0.3 is 0 Å². The molecular formula is C25H24N2O2. The molecule has 4 nitrogen and oxygen atoms in total. The molecule has 0 saturated carbocycles. The first kappa shape index (κ1) is 18.1. The maximum Gasteiger partial charge on any atom is 0.101 e. The zero-order chi connectivity index (χ0) is 19.6. The van der Waals surface area contributed by atoms with Gasteiger partial charge in [0, 0.05) is 17.1 Å². The molecule has 5 rings (SSSR count). The number of ether oxygens (including phenoxy) is 1. The SMILES string of the molecule is OC[C@@H]1N[C@@H](c2c[nH]c3ccccc23)c2ccccc2[C@H]1OCc1ccccc1. The molecule has 3 atom stereocenters. The van der Waals surface area contributed by atoms with Gasteiger partial charge < -0.3 is 14.8 Å². The molecule has 4 aromatic rings. The summed E-state index contributed by atoms with van der Waals surface area (Å²) in [5.41, 5.74) is 5.76. The second-order valence-electron chi connectivity index (χ2n) is 7.52. The highest BCUT2D eigenvalue weighted by atomic mass is 16.5. The molecule has 1 aliphatic rings. The van der Waals surface area contributed by atoms with Gasteiger partial charge in [-0.2, -0.15) is 0 Å². The summed E-state index contributed by atoms with van der Waals surface area (Å²) < 4.78 is 6.32. The number of aliphatic hydroxyl groups excluding tert-OH is 1. The lowest BCUT2D eigenvalue weighted by Crippen LogP contribution is -2.46. The van der Waals surface area contributed by atoms with Gasteiger partial charge in [-0.05, 0) is 28.3 Å². The number of aromatic nitrogens is 1. The molecule has 1 aromatic heterocycles. The van der Waals surface area contributed by atoms with E-state index in [4.69, 9.17) is 4.74 Å². The average Bonchev–Trinajstić information content (AvgIpc) is 3.22. The molecule has 0 unspecified atom stereocenters. The van der Waals surface area contributed by atoms with Crippen molar-refractivity contribution in [3.8, 4) is 0 Å². The fourth-order valence-corrected chi connectivity index (χ4v) is 4.35. The number of aromatic amines is 1. The number of para-hydroxylation sites is 1. The summed E-state index contributed by atoms with van der Waals surface area (Å²) in [6, 6.07) is 26.7. The van der Waals surface area contributed by atoms with Crippen molar-refractivity contribution in [3.05, 3.63) is 107 Å². The zero-order valence-corrected chi connectivity index (χ0v) is 16.1. The molecule has 0 aliphatic carbocycles. The second kappa shape index (κ2) is 7.84. The number of fused-ring (bicyclic) bond motifs is 2. The number of aliphatic hydroxyl groups is 1. The fraction of sp³-hybridized carbons (Fsp3) is 0.200. The van der Waals surface area contributed by atoms with Crippen LogP contribution < -0.4 is 5.32 Å². The summed E-state index contributed by atoms with van der Waals surface area (Å²) >= 11 is 0. The van der Waals surface area contributed by atoms with Crippen LogP contribution in [0.25, 0.3) is 10.9 Å². The van der Waals surface area contributed by atoms with Gasteiger partial charge in [-0.1, -0.05) is 72.8 Å². The van der Waals surface area contributed by atoms with Gasteiger partial charge in [0.2, 0.25) is 0 Å². The van der Waals surface area contributed by atoms with E-state index in [9.17, 15) is 5.11 Å². The molecule has 1 aliphatic heterocycles. The molecule has 0 radical (unpaired) electrons. The Kier molecular flexibility index (Phi) is 4.90. The monoisotopic (exact) mass is 384 g/mol. The first-order valence-corrected chi connectivity index (χ1v) is 10.0. The van der Waals surface area contributed by atoms with Crippen molar-refractivity contribution in [2.45, 2.75) is 24.8 Å². The third kappa shape index (κ3) is 3.36. The van der Waals surface area contributed by atoms with Crippen molar-refractivity contribution in [1.82, 2.24) is 10.3 Å². The number of rotatable bonds is 5. The van der Waals surface area contributed by atoms with Gasteiger partial charge in [0.1, 0.15) is 6.10 Å². The van der Waals surface area contributed by atoms with Crippen LogP contribution in [0.2, 0.25) is 0 Å². The van der Waals surface area contributed by atoms with Crippen LogP contribution in [0.4, 0.5) is 0 Å². The summed E-state index contributed by atoms with van der Waals surface area (Å²) in [7, 11) is 0. The number of H-pyrrole nitrogens is 1. The molecule has 3 N–H and O–H groups in total. The number of hydrogen-bond donors (Lipinski definition) is 3. The minimum atomic E-state index is -0.210. The first-order chi connectivity index (χ1) is 14.3. The zero-order valence-electron chi connectivity index (χ0n) is 16.1. The molecule has 2 heterocycles. The molecule has 3 aromatic carbocycles. The Bertz CT molecular complexity index is 1110. The fourth-order valence-electron chi connectivity index (χ4n) is 4.35. The summed E-state index contributed by atoms with van der Waals surface area (Å²) in [4.78, 5) is 3.37. The Morgan fingerprint density at radius 2 is 1.52 bits per heavy atom. The van der Waals surface area contributed by atoms with E-state index >= 15 is 0 Å². The molecule has 0 amide bonds. The van der Waals surface area contributed by atoms with E-state index in [1.165, 1.54) is 16.5 Å². The molecular weight excluding hydrogens is 360 g/mol. The Hall–Kier alpha value is -2.92. The van der Waals surface area contributed by atoms with Crippen LogP contribution in [0.15, 0.2) is 85.1 Å². The van der Waals surface area contributed by atoms with Crippen molar-refractivity contribution in [2.24, 2.45) is 0 Å². The highest BCUT2D eigenvalue weighted by Crippen LogP contribution is 2.39. The normalized spacial score (nSPS) is 21.2. The van der Waals surface area contributed by atoms with Crippen molar-refractivity contribution in [2.75, 3.05) is 6.61 Å². The maximum atomic E-state index is 10.2. The van der Waals surface area contributed by atoms with Crippen LogP contribution in [0, 0.1) is 0 Å². The molecule has 0 bridgehead atoms. The highest BCUT2D eigenvalue weighted by molar-refractivity contribution is 5.84. The second-order valence-corrected chi connectivity index (χ2v) is 7.52. The predicted molar refractivity (Wildman–Crippen MR) is 115 cm³/mol. The topological polar surface area (TPSA) is 57.3 Å². The summed E-state index contributed by atoms with van der Waals surface area (Å²) in [6.07, 6.45) is 1.86. The number of nitrogens with one attached hydrogen (secondary N) is 2. The van der Waals surface area contributed by atoms with Crippen molar-refractivity contribution in [3.63, 3.8) is 0 Å². The van der Waals surface area contributed by atoms with Gasteiger partial charge in [0.15, 0.2) is 0 Å². The van der Waals surface area contributed by atoms with E-state index in [1.807, 2.05) is 30.3 Å². The lowest BCUT2D eigenvalue weighted by molar-refractivity contribution is -0.0104. The number of hydrogen-bond acceptors (Lipinski definition) is 3. The molecule has 4 heteroatoms. The first-order valence-electron chi connectivity index (χ1n) is 10.0. The molecule has 0 spiro atoms. The van der Waals surface area contributed by atoms with E-state index < -0.39 is 0 Å². The minimum Gasteiger partial charge on any atom is -0.395 e. The Morgan fingerprint density at radius 3 is 2.34 bits per heavy atom. The largest absolute Gasteiger partial charge is 0.395 e. The van der Waals surface area contributed by atoms with Crippen LogP contribution in [-0.2, 0) is 11.3 Å². The predicted octanol–water partition coefficient (Wildman–Crippen LogP) is 4.48. The van der Waals surface area contributed by atoms with E-state index in [1.54, 1.807) is 0 Å². The smallest absolute Gasteiger partial charge is 0.101 e. The summed E-state index contributed by atoms with van der Waals surface area (Å²) in [5, 5.41) is 15.0. The van der Waals surface area contributed by atoms with Gasteiger partial charge in [0.05, 0.1) is 25.3 Å². The van der Waals surface area contributed by atoms with Gasteiger partial charge in [-0.3, -0.25) is 5.32 Å². The number of benzene rings is 3. The molecule has 146 valence electrons. The standard InChI is InChI=1S/C25H24N2O2/c28-15-23-25(29-16-17-8-2-1-3-9-17)20-12-5-4-11-19(20)24(27-23)21-14-26-22-13-7-6-10-18(21)22/h1-14,23-28H,15-16H2/t23-,24+,25+/m0/s1. The average molecular weight is 384 g/mol. The van der Waals surface area contributed by atoms with E-state index in [0.717, 1.165) is 16.6 Å². The van der Waals surface area contributed by atoms with Crippen molar-refractivity contribution >= 4 is 10.9 Å². The molecule has 0 fully saturated rings. The van der Waals surface area contributed by atoms with Gasteiger partial charge in [0.25, 0.3) is 0 Å². The third-order valence-electron chi connectivity index (χ3n) is 5.76. The van der Waals surface area contributed by atoms with Crippen LogP contribution in [0.3, 0.4) is 0 Å². The van der Waals surface area contributed by atoms with Crippen LogP contribution in [-0.4, -0.2) is 22.7 Å². The van der Waals surface area contributed by atoms with E-state index in [2.05, 4.69) is 65.0 Å². The summed E-state index contributed by atoms with van der Waals surface area (Å²) in [5.74, 6) is 0. The molecule has 29 heavy (non-hydrogen) atoms. The van der Waals surface area contributed by atoms with Gasteiger partial charge in [-0.25, -0.2) is 0 Å². The Morgan fingerprint density at radius 1 is 0.793 bits per heavy atom.